The maximum absolute atomic E-state index is 13.4. The van der Waals surface area contributed by atoms with E-state index in [0.29, 0.717) is 22.1 Å². The predicted octanol–water partition coefficient (Wildman–Crippen LogP) is 6.88. The van der Waals surface area contributed by atoms with Crippen LogP contribution in [-0.4, -0.2) is 42.0 Å². The highest BCUT2D eigenvalue weighted by molar-refractivity contribution is 7.21. The summed E-state index contributed by atoms with van der Waals surface area (Å²) in [6.07, 6.45) is 1.26. The first-order chi connectivity index (χ1) is 16.5. The average molecular weight is 492 g/mol. The van der Waals surface area contributed by atoms with Gasteiger partial charge < -0.3 is 9.84 Å². The van der Waals surface area contributed by atoms with Crippen molar-refractivity contribution in [3.63, 3.8) is 0 Å². The zero-order valence-electron chi connectivity index (χ0n) is 19.0. The van der Waals surface area contributed by atoms with Crippen molar-refractivity contribution in [2.24, 2.45) is 5.92 Å². The number of thiophene rings is 1. The molecule has 1 N–H and O–H groups in total. The number of hydrogen-bond donors (Lipinski definition) is 1. The number of ether oxygens (including phenoxy) is 1. The summed E-state index contributed by atoms with van der Waals surface area (Å²) in [6.45, 7) is 6.18. The Labute approximate surface area is 208 Å². The molecular formula is C28H26ClNO3S. The summed E-state index contributed by atoms with van der Waals surface area (Å²) in [4.78, 5) is 16.5. The van der Waals surface area contributed by atoms with Crippen LogP contribution >= 0.6 is 22.9 Å². The number of likely N-dealkylation sites (tertiary alicyclic amines) is 1. The molecule has 0 amide bonds. The molecule has 1 atom stereocenters. The van der Waals surface area contributed by atoms with Crippen molar-refractivity contribution in [1.82, 2.24) is 4.90 Å². The van der Waals surface area contributed by atoms with E-state index in [1.807, 2.05) is 30.3 Å². The van der Waals surface area contributed by atoms with Gasteiger partial charge in [-0.15, -0.1) is 11.3 Å². The van der Waals surface area contributed by atoms with E-state index in [1.54, 1.807) is 36.4 Å². The number of carbonyl (C=O) groups is 1. The lowest BCUT2D eigenvalue weighted by atomic mass is 9.98. The van der Waals surface area contributed by atoms with Crippen LogP contribution in [0, 0.1) is 5.92 Å². The lowest BCUT2D eigenvalue weighted by molar-refractivity contribution is 0.104. The number of carbonyl (C=O) groups excluding carboxylic acids is 1. The number of rotatable bonds is 7. The number of benzene rings is 3. The maximum Gasteiger partial charge on any atom is 0.203 e. The Morgan fingerprint density at radius 2 is 1.88 bits per heavy atom. The molecule has 0 bridgehead atoms. The highest BCUT2D eigenvalue weighted by Gasteiger charge is 2.22. The number of nitrogens with zero attached hydrogens (tertiary/aromatic N) is 1. The Bertz CT molecular complexity index is 1310. The van der Waals surface area contributed by atoms with Crippen LogP contribution in [0.2, 0.25) is 5.02 Å². The summed E-state index contributed by atoms with van der Waals surface area (Å²) < 4.78 is 6.85. The molecule has 3 aromatic carbocycles. The Kier molecular flexibility index (Phi) is 6.59. The Morgan fingerprint density at radius 1 is 1.12 bits per heavy atom. The van der Waals surface area contributed by atoms with Crippen LogP contribution < -0.4 is 4.74 Å². The van der Waals surface area contributed by atoms with Crippen LogP contribution in [0.1, 0.15) is 28.6 Å². The van der Waals surface area contributed by atoms with Gasteiger partial charge in [-0.3, -0.25) is 9.69 Å². The number of fused-ring (bicyclic) bond motifs is 1. The van der Waals surface area contributed by atoms with Crippen molar-refractivity contribution in [2.45, 2.75) is 13.3 Å². The first kappa shape index (κ1) is 22.9. The van der Waals surface area contributed by atoms with Gasteiger partial charge in [0.25, 0.3) is 0 Å². The van der Waals surface area contributed by atoms with Gasteiger partial charge in [-0.25, -0.2) is 0 Å². The third kappa shape index (κ3) is 4.83. The lowest BCUT2D eigenvalue weighted by Crippen LogP contribution is -2.25. The van der Waals surface area contributed by atoms with E-state index in [4.69, 9.17) is 16.3 Å². The molecule has 0 saturated carbocycles. The number of hydrogen-bond acceptors (Lipinski definition) is 5. The molecular weight excluding hydrogens is 466 g/mol. The molecule has 1 saturated heterocycles. The van der Waals surface area contributed by atoms with Crippen LogP contribution in [0.5, 0.6) is 11.5 Å². The number of halogens is 1. The zero-order chi connectivity index (χ0) is 23.7. The van der Waals surface area contributed by atoms with Crippen LogP contribution in [0.4, 0.5) is 0 Å². The second kappa shape index (κ2) is 9.79. The van der Waals surface area contributed by atoms with Crippen LogP contribution in [0.15, 0.2) is 66.7 Å². The van der Waals surface area contributed by atoms with Gasteiger partial charge >= 0.3 is 0 Å². The fourth-order valence-electron chi connectivity index (χ4n) is 4.50. The molecule has 4 nitrogen and oxygen atoms in total. The average Bonchev–Trinajstić information content (AvgIpc) is 3.42. The maximum atomic E-state index is 13.4. The molecule has 34 heavy (non-hydrogen) atoms. The summed E-state index contributed by atoms with van der Waals surface area (Å²) in [7, 11) is 0. The van der Waals surface area contributed by atoms with Crippen molar-refractivity contribution in [2.75, 3.05) is 26.2 Å². The van der Waals surface area contributed by atoms with Crippen molar-refractivity contribution in [3.8, 4) is 22.6 Å². The molecule has 5 rings (SSSR count). The first-order valence-corrected chi connectivity index (χ1v) is 12.7. The molecule has 1 aromatic heterocycles. The molecule has 0 spiro atoms. The largest absolute Gasteiger partial charge is 0.508 e. The van der Waals surface area contributed by atoms with E-state index in [2.05, 4.69) is 11.8 Å². The second-order valence-corrected chi connectivity index (χ2v) is 10.4. The number of phenols is 1. The molecule has 1 aliphatic rings. The molecule has 4 aromatic rings. The lowest BCUT2D eigenvalue weighted by Gasteiger charge is -2.15. The van der Waals surface area contributed by atoms with E-state index in [-0.39, 0.29) is 11.5 Å². The summed E-state index contributed by atoms with van der Waals surface area (Å²) in [5.74, 6) is 1.71. The topological polar surface area (TPSA) is 49.8 Å². The highest BCUT2D eigenvalue weighted by Crippen LogP contribution is 2.41. The molecule has 0 radical (unpaired) electrons. The molecule has 2 heterocycles. The van der Waals surface area contributed by atoms with Crippen LogP contribution in [0.25, 0.3) is 21.2 Å². The van der Waals surface area contributed by atoms with Gasteiger partial charge in [0.2, 0.25) is 5.78 Å². The minimum atomic E-state index is -0.0625. The highest BCUT2D eigenvalue weighted by atomic mass is 35.5. The zero-order valence-corrected chi connectivity index (χ0v) is 20.5. The number of ketones is 1. The monoisotopic (exact) mass is 491 g/mol. The first-order valence-electron chi connectivity index (χ1n) is 11.5. The van der Waals surface area contributed by atoms with Gasteiger partial charge in [-0.2, -0.15) is 0 Å². The number of aromatic hydroxyl groups is 1. The summed E-state index contributed by atoms with van der Waals surface area (Å²) >= 11 is 7.41. The van der Waals surface area contributed by atoms with Gasteiger partial charge in [0.15, 0.2) is 0 Å². The van der Waals surface area contributed by atoms with Crippen LogP contribution in [0.3, 0.4) is 0 Å². The second-order valence-electron chi connectivity index (χ2n) is 8.89. The fraction of sp³-hybridized carbons (Fsp3) is 0.250. The molecule has 1 fully saturated rings. The SMILES string of the molecule is C[C@@H]1CCN(CCOc2ccc(-c3c(C(=O)c4ccc(Cl)cc4)sc4cc(O)ccc34)cc2)C1. The van der Waals surface area contributed by atoms with E-state index in [0.717, 1.165) is 52.5 Å². The standard InChI is InChI=1S/C28H26ClNO3S/c1-18-12-13-30(17-18)14-15-33-23-9-4-19(5-10-23)26-24-11-8-22(31)16-25(24)34-28(26)27(32)20-2-6-21(29)7-3-20/h2-11,16,18,31H,12-15,17H2,1H3/t18-/m1/s1. The van der Waals surface area contributed by atoms with E-state index in [9.17, 15) is 9.90 Å². The molecule has 6 heteroatoms. The Hall–Kier alpha value is -2.86. The van der Waals surface area contributed by atoms with Crippen molar-refractivity contribution in [3.05, 3.63) is 82.2 Å². The van der Waals surface area contributed by atoms with Gasteiger partial charge in [0, 0.05) is 39.3 Å². The van der Waals surface area contributed by atoms with Gasteiger partial charge in [-0.05, 0) is 79.0 Å². The molecule has 174 valence electrons. The normalized spacial score (nSPS) is 16.2. The van der Waals surface area contributed by atoms with Crippen molar-refractivity contribution >= 4 is 38.8 Å². The van der Waals surface area contributed by atoms with E-state index >= 15 is 0 Å². The van der Waals surface area contributed by atoms with Crippen molar-refractivity contribution < 1.29 is 14.6 Å². The minimum Gasteiger partial charge on any atom is -0.508 e. The smallest absolute Gasteiger partial charge is 0.203 e. The van der Waals surface area contributed by atoms with E-state index in [1.165, 1.54) is 17.8 Å². The fourth-order valence-corrected chi connectivity index (χ4v) is 5.85. The Morgan fingerprint density at radius 3 is 2.59 bits per heavy atom. The third-order valence-electron chi connectivity index (χ3n) is 6.31. The van der Waals surface area contributed by atoms with Crippen LogP contribution in [-0.2, 0) is 0 Å². The quantitative estimate of drug-likeness (QED) is 0.286. The molecule has 1 aliphatic heterocycles. The van der Waals surface area contributed by atoms with Gasteiger partial charge in [0.1, 0.15) is 18.1 Å². The van der Waals surface area contributed by atoms with Gasteiger partial charge in [-0.1, -0.05) is 30.7 Å². The number of phenolic OH excluding ortho intramolecular Hbond substituents is 1. The van der Waals surface area contributed by atoms with Gasteiger partial charge in [0.05, 0.1) is 4.88 Å². The molecule has 0 aliphatic carbocycles. The molecule has 0 unspecified atom stereocenters. The summed E-state index contributed by atoms with van der Waals surface area (Å²) in [5, 5.41) is 11.5. The third-order valence-corrected chi connectivity index (χ3v) is 7.72. The Balaban J connectivity index is 1.42. The van der Waals surface area contributed by atoms with Crippen molar-refractivity contribution in [1.29, 1.82) is 0 Å². The summed E-state index contributed by atoms with van der Waals surface area (Å²) in [5.41, 5.74) is 2.39. The van der Waals surface area contributed by atoms with E-state index < -0.39 is 0 Å². The predicted molar refractivity (Wildman–Crippen MR) is 140 cm³/mol. The minimum absolute atomic E-state index is 0.0625. The summed E-state index contributed by atoms with van der Waals surface area (Å²) in [6, 6.07) is 20.1.